The number of carboxylic acids is 1. The molecule has 2 N–H and O–H groups in total. The molecule has 0 spiro atoms. The molecular weight excluding hydrogens is 306 g/mol. The molecule has 0 unspecified atom stereocenters. The lowest BCUT2D eigenvalue weighted by Crippen LogP contribution is -2.50. The van der Waals surface area contributed by atoms with Gasteiger partial charge >= 0.3 is 5.97 Å². The lowest BCUT2D eigenvalue weighted by atomic mass is 9.95. The molecule has 0 aromatic heterocycles. The molecule has 128 valence electrons. The zero-order chi connectivity index (χ0) is 15.1. The van der Waals surface area contributed by atoms with Crippen molar-refractivity contribution in [2.75, 3.05) is 39.3 Å². The smallest absolute Gasteiger partial charge is 0.304 e. The van der Waals surface area contributed by atoms with Crippen molar-refractivity contribution < 1.29 is 14.7 Å². The zero-order valence-corrected chi connectivity index (χ0v) is 13.9. The Morgan fingerprint density at radius 3 is 2.18 bits per heavy atom. The minimum atomic E-state index is -0.746. The molecule has 2 fully saturated rings. The molecule has 0 aromatic rings. The van der Waals surface area contributed by atoms with E-state index in [-0.39, 0.29) is 24.7 Å². The number of carbonyl (C=O) groups is 2. The van der Waals surface area contributed by atoms with Gasteiger partial charge in [0.05, 0.1) is 13.0 Å². The fourth-order valence-electron chi connectivity index (χ4n) is 3.15. The first-order valence-electron chi connectivity index (χ1n) is 8.09. The summed E-state index contributed by atoms with van der Waals surface area (Å²) in [6.45, 7) is 4.48. The van der Waals surface area contributed by atoms with E-state index in [1.165, 1.54) is 19.3 Å². The number of nitrogens with one attached hydrogen (secondary N) is 1. The summed E-state index contributed by atoms with van der Waals surface area (Å²) < 4.78 is 0. The van der Waals surface area contributed by atoms with E-state index in [0.29, 0.717) is 19.1 Å². The quantitative estimate of drug-likeness (QED) is 0.757. The first kappa shape index (κ1) is 19.2. The molecule has 2 rings (SSSR count). The van der Waals surface area contributed by atoms with Crippen LogP contribution in [0.15, 0.2) is 0 Å². The van der Waals surface area contributed by atoms with Gasteiger partial charge < -0.3 is 15.3 Å². The van der Waals surface area contributed by atoms with Crippen molar-refractivity contribution in [1.29, 1.82) is 0 Å². The number of piperazine rings is 1. The predicted octanol–water partition coefficient (Wildman–Crippen LogP) is 0.949. The normalized spacial score (nSPS) is 21.1. The van der Waals surface area contributed by atoms with Crippen LogP contribution in [-0.4, -0.2) is 72.1 Å². The van der Waals surface area contributed by atoms with Crippen LogP contribution in [0.5, 0.6) is 0 Å². The molecule has 2 aliphatic rings. The van der Waals surface area contributed by atoms with Gasteiger partial charge in [-0.3, -0.25) is 14.5 Å². The van der Waals surface area contributed by atoms with Crippen LogP contribution in [0.1, 0.15) is 38.5 Å². The first-order chi connectivity index (χ1) is 10.1. The maximum atomic E-state index is 12.0. The first-order valence-corrected chi connectivity index (χ1v) is 8.09. The zero-order valence-electron chi connectivity index (χ0n) is 13.1. The predicted molar refractivity (Wildman–Crippen MR) is 87.4 cm³/mol. The largest absolute Gasteiger partial charge is 0.481 e. The Balaban J connectivity index is 0.00000242. The van der Waals surface area contributed by atoms with Gasteiger partial charge in [0.2, 0.25) is 5.91 Å². The van der Waals surface area contributed by atoms with Crippen molar-refractivity contribution in [3.8, 4) is 0 Å². The molecule has 1 heterocycles. The maximum Gasteiger partial charge on any atom is 0.304 e. The fourth-order valence-corrected chi connectivity index (χ4v) is 3.15. The topological polar surface area (TPSA) is 72.9 Å². The Morgan fingerprint density at radius 1 is 1.00 bits per heavy atom. The van der Waals surface area contributed by atoms with Crippen molar-refractivity contribution in [3.63, 3.8) is 0 Å². The van der Waals surface area contributed by atoms with Crippen LogP contribution in [0.3, 0.4) is 0 Å². The molecule has 1 saturated heterocycles. The van der Waals surface area contributed by atoms with E-state index < -0.39 is 5.97 Å². The number of nitrogens with zero attached hydrogens (tertiary/aromatic N) is 2. The van der Waals surface area contributed by atoms with Crippen LogP contribution in [0, 0.1) is 0 Å². The van der Waals surface area contributed by atoms with Gasteiger partial charge in [0.25, 0.3) is 0 Å². The van der Waals surface area contributed by atoms with E-state index in [0.717, 1.165) is 39.0 Å². The van der Waals surface area contributed by atoms with E-state index in [1.807, 2.05) is 0 Å². The number of hydrogen-bond donors (Lipinski definition) is 2. The monoisotopic (exact) mass is 333 g/mol. The minimum Gasteiger partial charge on any atom is -0.481 e. The van der Waals surface area contributed by atoms with Gasteiger partial charge in [-0.2, -0.15) is 0 Å². The number of amides is 1. The van der Waals surface area contributed by atoms with Gasteiger partial charge in [-0.15, -0.1) is 12.4 Å². The van der Waals surface area contributed by atoms with Crippen LogP contribution in [-0.2, 0) is 9.59 Å². The van der Waals surface area contributed by atoms with E-state index in [2.05, 4.69) is 15.1 Å². The Bertz CT molecular complexity index is 354. The fraction of sp³-hybridized carbons (Fsp3) is 0.867. The highest BCUT2D eigenvalue weighted by Gasteiger charge is 2.21. The maximum absolute atomic E-state index is 12.0. The summed E-state index contributed by atoms with van der Waals surface area (Å²) in [4.78, 5) is 26.9. The number of carbonyl (C=O) groups excluding carboxylic acids is 1. The number of halogens is 1. The standard InChI is InChI=1S/C15H27N3O3.ClH/c19-14(16-13-4-2-1-3-5-13)12-18-10-8-17(9-11-18)7-6-15(20)21;/h13H,1-12H2,(H,16,19)(H,20,21);1H. The van der Waals surface area contributed by atoms with Crippen molar-refractivity contribution in [1.82, 2.24) is 15.1 Å². The van der Waals surface area contributed by atoms with Gasteiger partial charge in [0.1, 0.15) is 0 Å². The molecule has 1 aliphatic heterocycles. The third kappa shape index (κ3) is 6.94. The highest BCUT2D eigenvalue weighted by molar-refractivity contribution is 5.85. The molecule has 0 aromatic carbocycles. The van der Waals surface area contributed by atoms with E-state index in [1.54, 1.807) is 0 Å². The summed E-state index contributed by atoms with van der Waals surface area (Å²) in [6.07, 6.45) is 6.19. The molecule has 22 heavy (non-hydrogen) atoms. The Labute approximate surface area is 138 Å². The number of aliphatic carboxylic acids is 1. The van der Waals surface area contributed by atoms with Crippen LogP contribution in [0.2, 0.25) is 0 Å². The Morgan fingerprint density at radius 2 is 1.59 bits per heavy atom. The van der Waals surface area contributed by atoms with Crippen molar-refractivity contribution >= 4 is 24.3 Å². The van der Waals surface area contributed by atoms with Crippen molar-refractivity contribution in [2.45, 2.75) is 44.6 Å². The molecule has 1 amide bonds. The molecule has 7 heteroatoms. The van der Waals surface area contributed by atoms with Crippen LogP contribution < -0.4 is 5.32 Å². The molecular formula is C15H28ClN3O3. The molecule has 1 aliphatic carbocycles. The second-order valence-electron chi connectivity index (χ2n) is 6.16. The summed E-state index contributed by atoms with van der Waals surface area (Å²) in [6, 6.07) is 0.378. The van der Waals surface area contributed by atoms with E-state index in [4.69, 9.17) is 5.11 Å². The molecule has 0 atom stereocenters. The molecule has 0 radical (unpaired) electrons. The van der Waals surface area contributed by atoms with Crippen LogP contribution in [0.4, 0.5) is 0 Å². The van der Waals surface area contributed by atoms with Gasteiger partial charge in [-0.1, -0.05) is 19.3 Å². The summed E-state index contributed by atoms with van der Waals surface area (Å²) in [5.41, 5.74) is 0. The highest BCUT2D eigenvalue weighted by Crippen LogP contribution is 2.17. The van der Waals surface area contributed by atoms with Gasteiger partial charge in [-0.05, 0) is 12.8 Å². The van der Waals surface area contributed by atoms with Crippen LogP contribution in [0.25, 0.3) is 0 Å². The van der Waals surface area contributed by atoms with Crippen molar-refractivity contribution in [3.05, 3.63) is 0 Å². The average molecular weight is 334 g/mol. The lowest BCUT2D eigenvalue weighted by Gasteiger charge is -2.34. The summed E-state index contributed by atoms with van der Waals surface area (Å²) in [7, 11) is 0. The number of hydrogen-bond acceptors (Lipinski definition) is 4. The summed E-state index contributed by atoms with van der Waals surface area (Å²) in [5, 5.41) is 11.8. The SMILES string of the molecule is Cl.O=C(O)CCN1CCN(CC(=O)NC2CCCCC2)CC1. The van der Waals surface area contributed by atoms with E-state index in [9.17, 15) is 9.59 Å². The molecule has 6 nitrogen and oxygen atoms in total. The third-order valence-electron chi connectivity index (χ3n) is 4.44. The molecule has 1 saturated carbocycles. The number of rotatable bonds is 6. The number of carboxylic acid groups (broad SMARTS) is 1. The molecule has 0 bridgehead atoms. The Hall–Kier alpha value is -0.850. The summed E-state index contributed by atoms with van der Waals surface area (Å²) in [5.74, 6) is -0.606. The van der Waals surface area contributed by atoms with Crippen LogP contribution >= 0.6 is 12.4 Å². The second-order valence-corrected chi connectivity index (χ2v) is 6.16. The lowest BCUT2D eigenvalue weighted by molar-refractivity contribution is -0.137. The summed E-state index contributed by atoms with van der Waals surface area (Å²) >= 11 is 0. The Kier molecular flexibility index (Phi) is 8.75. The average Bonchev–Trinajstić information content (AvgIpc) is 2.47. The van der Waals surface area contributed by atoms with Gasteiger partial charge in [-0.25, -0.2) is 0 Å². The van der Waals surface area contributed by atoms with E-state index >= 15 is 0 Å². The third-order valence-corrected chi connectivity index (χ3v) is 4.44. The minimum absolute atomic E-state index is 0. The van der Waals surface area contributed by atoms with Gasteiger partial charge in [0, 0.05) is 38.8 Å². The van der Waals surface area contributed by atoms with Crippen molar-refractivity contribution in [2.24, 2.45) is 0 Å². The van der Waals surface area contributed by atoms with Gasteiger partial charge in [0.15, 0.2) is 0 Å². The second kappa shape index (κ2) is 10.0. The highest BCUT2D eigenvalue weighted by atomic mass is 35.5.